The van der Waals surface area contributed by atoms with Gasteiger partial charge in [0.05, 0.1) is 12.2 Å². The van der Waals surface area contributed by atoms with Crippen molar-refractivity contribution in [2.45, 2.75) is 13.5 Å². The minimum atomic E-state index is -0.432. The summed E-state index contributed by atoms with van der Waals surface area (Å²) < 4.78 is 24.3. The zero-order valence-corrected chi connectivity index (χ0v) is 13.7. The van der Waals surface area contributed by atoms with Crippen LogP contribution in [-0.4, -0.2) is 17.7 Å². The summed E-state index contributed by atoms with van der Waals surface area (Å²) >= 11 is 0. The van der Waals surface area contributed by atoms with E-state index in [1.54, 1.807) is 18.2 Å². The van der Waals surface area contributed by atoms with Gasteiger partial charge in [-0.15, -0.1) is 0 Å². The molecule has 0 saturated carbocycles. The van der Waals surface area contributed by atoms with E-state index in [1.165, 1.54) is 12.1 Å². The molecule has 0 saturated heterocycles. The van der Waals surface area contributed by atoms with E-state index in [1.807, 2.05) is 31.2 Å². The molecule has 0 unspecified atom stereocenters. The molecule has 6 heteroatoms. The molecule has 128 valence electrons. The number of aromatic nitrogens is 1. The minimum absolute atomic E-state index is 0.0965. The van der Waals surface area contributed by atoms with E-state index in [0.29, 0.717) is 13.2 Å². The lowest BCUT2D eigenvalue weighted by molar-refractivity contribution is 0.0942. The summed E-state index contributed by atoms with van der Waals surface area (Å²) in [6.45, 7) is 2.81. The third-order valence-electron chi connectivity index (χ3n) is 3.54. The lowest BCUT2D eigenvalue weighted by Crippen LogP contribution is -2.23. The zero-order chi connectivity index (χ0) is 17.6. The van der Waals surface area contributed by atoms with Crippen molar-refractivity contribution < 1.29 is 18.4 Å². The van der Waals surface area contributed by atoms with Crippen LogP contribution >= 0.6 is 0 Å². The number of halogens is 1. The predicted octanol–water partition coefficient (Wildman–Crippen LogP) is 3.81. The Bertz CT molecular complexity index is 876. The summed E-state index contributed by atoms with van der Waals surface area (Å²) in [5.41, 5.74) is 1.26. The first-order valence-electron chi connectivity index (χ1n) is 7.89. The normalized spacial score (nSPS) is 10.5. The average Bonchev–Trinajstić information content (AvgIpc) is 3.11. The Kier molecular flexibility index (Phi) is 5.09. The Morgan fingerprint density at radius 2 is 2.04 bits per heavy atom. The average molecular weight is 340 g/mol. The molecule has 0 aliphatic carbocycles. The fourth-order valence-corrected chi connectivity index (χ4v) is 2.35. The molecule has 0 spiro atoms. The first-order chi connectivity index (χ1) is 12.2. The molecule has 0 aliphatic rings. The maximum Gasteiger partial charge on any atom is 0.273 e. The van der Waals surface area contributed by atoms with E-state index in [9.17, 15) is 9.18 Å². The molecular weight excluding hydrogens is 323 g/mol. The Balaban J connectivity index is 1.66. The number of nitrogens with one attached hydrogen (secondary N) is 1. The Labute approximate surface area is 144 Å². The number of carbonyl (C=O) groups excluding carboxylic acids is 1. The second kappa shape index (κ2) is 7.61. The smallest absolute Gasteiger partial charge is 0.273 e. The van der Waals surface area contributed by atoms with E-state index >= 15 is 0 Å². The second-order valence-corrected chi connectivity index (χ2v) is 5.32. The SMILES string of the molecule is CCOc1cccc(CNC(=O)c2cc(-c3ccccc3F)on2)c1. The summed E-state index contributed by atoms with van der Waals surface area (Å²) in [7, 11) is 0. The van der Waals surface area contributed by atoms with Crippen LogP contribution in [0.1, 0.15) is 23.0 Å². The summed E-state index contributed by atoms with van der Waals surface area (Å²) in [4.78, 5) is 12.2. The molecule has 0 bridgehead atoms. The summed E-state index contributed by atoms with van der Waals surface area (Å²) in [5.74, 6) is 0.130. The third kappa shape index (κ3) is 4.03. The topological polar surface area (TPSA) is 64.4 Å². The monoisotopic (exact) mass is 340 g/mol. The van der Waals surface area contributed by atoms with Crippen molar-refractivity contribution in [1.82, 2.24) is 10.5 Å². The highest BCUT2D eigenvalue weighted by Gasteiger charge is 2.15. The minimum Gasteiger partial charge on any atom is -0.494 e. The molecule has 0 fully saturated rings. The van der Waals surface area contributed by atoms with Gasteiger partial charge in [0.2, 0.25) is 0 Å². The predicted molar refractivity (Wildman–Crippen MR) is 90.7 cm³/mol. The number of ether oxygens (including phenoxy) is 1. The highest BCUT2D eigenvalue weighted by molar-refractivity contribution is 5.93. The molecule has 0 atom stereocenters. The molecular formula is C19H17FN2O3. The van der Waals surface area contributed by atoms with E-state index in [4.69, 9.17) is 9.26 Å². The maximum atomic E-state index is 13.8. The number of benzene rings is 2. The standard InChI is InChI=1S/C19H17FN2O3/c1-2-24-14-7-5-6-13(10-14)12-21-19(23)17-11-18(25-22-17)15-8-3-4-9-16(15)20/h3-11H,2,12H2,1H3,(H,21,23). The van der Waals surface area contributed by atoms with Crippen LogP contribution in [0.3, 0.4) is 0 Å². The van der Waals surface area contributed by atoms with Gasteiger partial charge in [-0.3, -0.25) is 4.79 Å². The molecule has 1 N–H and O–H groups in total. The molecule has 1 heterocycles. The van der Waals surface area contributed by atoms with Gasteiger partial charge in [-0.25, -0.2) is 4.39 Å². The molecule has 3 aromatic rings. The van der Waals surface area contributed by atoms with Gasteiger partial charge < -0.3 is 14.6 Å². The molecule has 0 aliphatic heterocycles. The largest absolute Gasteiger partial charge is 0.494 e. The summed E-state index contributed by atoms with van der Waals surface area (Å²) in [6.07, 6.45) is 0. The van der Waals surface area contributed by atoms with Crippen LogP contribution in [0.2, 0.25) is 0 Å². The van der Waals surface area contributed by atoms with Crippen molar-refractivity contribution in [2.24, 2.45) is 0 Å². The highest BCUT2D eigenvalue weighted by atomic mass is 19.1. The Hall–Kier alpha value is -3.15. The van der Waals surface area contributed by atoms with Gasteiger partial charge >= 0.3 is 0 Å². The van der Waals surface area contributed by atoms with Crippen LogP contribution in [0.15, 0.2) is 59.1 Å². The first-order valence-corrected chi connectivity index (χ1v) is 7.89. The van der Waals surface area contributed by atoms with Crippen LogP contribution in [-0.2, 0) is 6.54 Å². The van der Waals surface area contributed by atoms with Crippen molar-refractivity contribution >= 4 is 5.91 Å². The van der Waals surface area contributed by atoms with E-state index in [2.05, 4.69) is 10.5 Å². The molecule has 0 radical (unpaired) electrons. The number of carbonyl (C=O) groups is 1. The van der Waals surface area contributed by atoms with Crippen LogP contribution in [0.5, 0.6) is 5.75 Å². The summed E-state index contributed by atoms with van der Waals surface area (Å²) in [6, 6.07) is 15.0. The number of amides is 1. The van der Waals surface area contributed by atoms with Crippen LogP contribution in [0.4, 0.5) is 4.39 Å². The van der Waals surface area contributed by atoms with Crippen molar-refractivity contribution in [1.29, 1.82) is 0 Å². The van der Waals surface area contributed by atoms with E-state index < -0.39 is 11.7 Å². The van der Waals surface area contributed by atoms with Gasteiger partial charge in [-0.05, 0) is 36.8 Å². The van der Waals surface area contributed by atoms with Crippen molar-refractivity contribution in [3.63, 3.8) is 0 Å². The van der Waals surface area contributed by atoms with Gasteiger partial charge in [-0.1, -0.05) is 29.4 Å². The molecule has 3 rings (SSSR count). The van der Waals surface area contributed by atoms with Crippen LogP contribution in [0.25, 0.3) is 11.3 Å². The van der Waals surface area contributed by atoms with Gasteiger partial charge in [0.15, 0.2) is 11.5 Å². The van der Waals surface area contributed by atoms with Crippen molar-refractivity contribution in [3.05, 3.63) is 71.7 Å². The number of nitrogens with zero attached hydrogens (tertiary/aromatic N) is 1. The Morgan fingerprint density at radius 3 is 2.84 bits per heavy atom. The molecule has 1 amide bonds. The Morgan fingerprint density at radius 1 is 1.20 bits per heavy atom. The van der Waals surface area contributed by atoms with Crippen molar-refractivity contribution in [2.75, 3.05) is 6.61 Å². The van der Waals surface area contributed by atoms with E-state index in [0.717, 1.165) is 11.3 Å². The molecule has 25 heavy (non-hydrogen) atoms. The fraction of sp³-hybridized carbons (Fsp3) is 0.158. The third-order valence-corrected chi connectivity index (χ3v) is 3.54. The number of hydrogen-bond donors (Lipinski definition) is 1. The van der Waals surface area contributed by atoms with Gasteiger partial charge in [-0.2, -0.15) is 0 Å². The van der Waals surface area contributed by atoms with Gasteiger partial charge in [0.25, 0.3) is 5.91 Å². The lowest BCUT2D eigenvalue weighted by atomic mass is 10.1. The lowest BCUT2D eigenvalue weighted by Gasteiger charge is -2.06. The van der Waals surface area contributed by atoms with Gasteiger partial charge in [0.1, 0.15) is 11.6 Å². The molecule has 5 nitrogen and oxygen atoms in total. The van der Waals surface area contributed by atoms with Crippen LogP contribution in [0, 0.1) is 5.82 Å². The molecule has 1 aromatic heterocycles. The maximum absolute atomic E-state index is 13.8. The second-order valence-electron chi connectivity index (χ2n) is 5.32. The zero-order valence-electron chi connectivity index (χ0n) is 13.7. The quantitative estimate of drug-likeness (QED) is 0.741. The number of hydrogen-bond acceptors (Lipinski definition) is 4. The van der Waals surface area contributed by atoms with Crippen molar-refractivity contribution in [3.8, 4) is 17.1 Å². The first kappa shape index (κ1) is 16.7. The summed E-state index contributed by atoms with van der Waals surface area (Å²) in [5, 5.41) is 6.47. The van der Waals surface area contributed by atoms with Crippen LogP contribution < -0.4 is 10.1 Å². The van der Waals surface area contributed by atoms with Gasteiger partial charge in [0, 0.05) is 12.6 Å². The highest BCUT2D eigenvalue weighted by Crippen LogP contribution is 2.23. The van der Waals surface area contributed by atoms with E-state index in [-0.39, 0.29) is 17.0 Å². The number of rotatable bonds is 6. The molecule has 2 aromatic carbocycles. The fourth-order valence-electron chi connectivity index (χ4n) is 2.35.